The molecule has 1 unspecified atom stereocenters. The number of ether oxygens (including phenoxy) is 2. The lowest BCUT2D eigenvalue weighted by Crippen LogP contribution is -2.19. The van der Waals surface area contributed by atoms with Gasteiger partial charge in [0.05, 0.1) is 6.04 Å². The summed E-state index contributed by atoms with van der Waals surface area (Å²) >= 11 is 9.67. The van der Waals surface area contributed by atoms with Crippen LogP contribution in [0.25, 0.3) is 0 Å². The lowest BCUT2D eigenvalue weighted by atomic mass is 10.0. The van der Waals surface area contributed by atoms with Crippen molar-refractivity contribution < 1.29 is 13.9 Å². The van der Waals surface area contributed by atoms with Crippen LogP contribution >= 0.6 is 27.5 Å². The molecule has 1 aromatic heterocycles. The number of hydrogen-bond donors (Lipinski definition) is 1. The highest BCUT2D eigenvalue weighted by molar-refractivity contribution is 9.10. The molecular weight excluding hydrogens is 346 g/mol. The van der Waals surface area contributed by atoms with Gasteiger partial charge in [0.25, 0.3) is 0 Å². The molecule has 0 amide bonds. The van der Waals surface area contributed by atoms with Gasteiger partial charge in [-0.05, 0) is 46.7 Å². The van der Waals surface area contributed by atoms with E-state index in [9.17, 15) is 0 Å². The Bertz CT molecular complexity index is 629. The minimum Gasteiger partial charge on any atom is -0.486 e. The number of rotatable bonds is 3. The molecule has 2 heterocycles. The van der Waals surface area contributed by atoms with Gasteiger partial charge < -0.3 is 19.2 Å². The fourth-order valence-electron chi connectivity index (χ4n) is 2.24. The second kappa shape index (κ2) is 5.68. The predicted octanol–water partition coefficient (Wildman–Crippen LogP) is 3.78. The monoisotopic (exact) mass is 357 g/mol. The average molecular weight is 359 g/mol. The van der Waals surface area contributed by atoms with Gasteiger partial charge in [0.15, 0.2) is 16.2 Å². The van der Waals surface area contributed by atoms with Gasteiger partial charge in [0, 0.05) is 11.1 Å². The van der Waals surface area contributed by atoms with Gasteiger partial charge in [-0.3, -0.25) is 0 Å². The van der Waals surface area contributed by atoms with Crippen LogP contribution in [0.1, 0.15) is 17.4 Å². The van der Waals surface area contributed by atoms with E-state index in [4.69, 9.17) is 25.5 Å². The molecule has 0 bridgehead atoms. The zero-order valence-electron chi connectivity index (χ0n) is 10.8. The third-order valence-corrected chi connectivity index (χ3v) is 3.89. The summed E-state index contributed by atoms with van der Waals surface area (Å²) in [4.78, 5) is 0. The molecule has 0 aliphatic carbocycles. The van der Waals surface area contributed by atoms with Crippen molar-refractivity contribution in [1.29, 1.82) is 0 Å². The maximum atomic E-state index is 6.36. The predicted molar refractivity (Wildman–Crippen MR) is 79.8 cm³/mol. The summed E-state index contributed by atoms with van der Waals surface area (Å²) in [5.74, 6) is 2.17. The van der Waals surface area contributed by atoms with Crippen LogP contribution in [-0.4, -0.2) is 20.3 Å². The summed E-state index contributed by atoms with van der Waals surface area (Å²) in [6, 6.07) is 7.29. The van der Waals surface area contributed by atoms with Crippen molar-refractivity contribution in [3.8, 4) is 11.5 Å². The van der Waals surface area contributed by atoms with Crippen LogP contribution in [0.15, 0.2) is 33.4 Å². The van der Waals surface area contributed by atoms with Gasteiger partial charge in [-0.1, -0.05) is 11.6 Å². The minimum absolute atomic E-state index is 0.148. The van der Waals surface area contributed by atoms with Gasteiger partial charge in [-0.2, -0.15) is 0 Å². The topological polar surface area (TPSA) is 43.6 Å². The first-order chi connectivity index (χ1) is 9.69. The molecule has 0 saturated heterocycles. The fourth-order valence-corrected chi connectivity index (χ4v) is 2.82. The minimum atomic E-state index is -0.148. The highest BCUT2D eigenvalue weighted by Gasteiger charge is 2.23. The normalized spacial score (nSPS) is 15.2. The summed E-state index contributed by atoms with van der Waals surface area (Å²) < 4.78 is 17.4. The van der Waals surface area contributed by atoms with Crippen molar-refractivity contribution >= 4 is 27.5 Å². The van der Waals surface area contributed by atoms with Crippen molar-refractivity contribution in [2.75, 3.05) is 20.3 Å². The Balaban J connectivity index is 2.03. The van der Waals surface area contributed by atoms with Crippen LogP contribution < -0.4 is 14.8 Å². The quantitative estimate of drug-likeness (QED) is 0.907. The second-order valence-corrected chi connectivity index (χ2v) is 5.57. The van der Waals surface area contributed by atoms with Crippen molar-refractivity contribution in [2.45, 2.75) is 6.04 Å². The average Bonchev–Trinajstić information content (AvgIpc) is 2.86. The Labute approximate surface area is 130 Å². The van der Waals surface area contributed by atoms with Gasteiger partial charge in [-0.25, -0.2) is 0 Å². The first-order valence-corrected chi connectivity index (χ1v) is 7.37. The number of nitrogens with one attached hydrogen (secondary N) is 1. The van der Waals surface area contributed by atoms with E-state index < -0.39 is 0 Å². The van der Waals surface area contributed by atoms with Crippen LogP contribution in [0.3, 0.4) is 0 Å². The molecule has 1 N–H and O–H groups in total. The number of hydrogen-bond acceptors (Lipinski definition) is 4. The summed E-state index contributed by atoms with van der Waals surface area (Å²) in [7, 11) is 1.86. The van der Waals surface area contributed by atoms with E-state index in [1.807, 2.05) is 25.2 Å². The Hall–Kier alpha value is -1.17. The molecule has 1 aliphatic rings. The largest absolute Gasteiger partial charge is 0.486 e. The lowest BCUT2D eigenvalue weighted by Gasteiger charge is -2.22. The van der Waals surface area contributed by atoms with E-state index in [0.717, 1.165) is 11.3 Å². The maximum absolute atomic E-state index is 6.36. The van der Waals surface area contributed by atoms with Gasteiger partial charge in [-0.15, -0.1) is 0 Å². The third-order valence-electron chi connectivity index (χ3n) is 3.14. The molecule has 1 atom stereocenters. The van der Waals surface area contributed by atoms with E-state index in [1.54, 1.807) is 6.07 Å². The summed E-state index contributed by atoms with van der Waals surface area (Å²) in [6.45, 7) is 1.09. The van der Waals surface area contributed by atoms with Crippen LogP contribution in [0.2, 0.25) is 5.02 Å². The second-order valence-electron chi connectivity index (χ2n) is 4.38. The van der Waals surface area contributed by atoms with Crippen LogP contribution in [0, 0.1) is 0 Å². The van der Waals surface area contributed by atoms with Crippen LogP contribution in [0.5, 0.6) is 11.5 Å². The zero-order valence-corrected chi connectivity index (χ0v) is 13.1. The van der Waals surface area contributed by atoms with Crippen molar-refractivity contribution in [3.05, 3.63) is 45.3 Å². The Morgan fingerprint density at radius 3 is 2.50 bits per heavy atom. The zero-order chi connectivity index (χ0) is 14.1. The van der Waals surface area contributed by atoms with E-state index in [0.29, 0.717) is 34.4 Å². The molecule has 0 saturated carbocycles. The molecule has 1 aliphatic heterocycles. The lowest BCUT2D eigenvalue weighted by molar-refractivity contribution is 0.171. The molecule has 0 fully saturated rings. The number of furan rings is 1. The fraction of sp³-hybridized carbons (Fsp3) is 0.286. The summed E-state index contributed by atoms with van der Waals surface area (Å²) in [5.41, 5.74) is 0.889. The molecule has 4 nitrogen and oxygen atoms in total. The SMILES string of the molecule is CNC(c1ccc(Br)o1)c1cc2c(cc1Cl)OCCO2. The highest BCUT2D eigenvalue weighted by atomic mass is 79.9. The molecular formula is C14H13BrClNO3. The Kier molecular flexibility index (Phi) is 3.92. The molecule has 2 aromatic rings. The van der Waals surface area contributed by atoms with E-state index in [-0.39, 0.29) is 6.04 Å². The number of halogens is 2. The molecule has 20 heavy (non-hydrogen) atoms. The van der Waals surface area contributed by atoms with Crippen molar-refractivity contribution in [1.82, 2.24) is 5.32 Å². The summed E-state index contributed by atoms with van der Waals surface area (Å²) in [5, 5.41) is 3.81. The molecule has 1 aromatic carbocycles. The van der Waals surface area contributed by atoms with Crippen molar-refractivity contribution in [3.63, 3.8) is 0 Å². The van der Waals surface area contributed by atoms with Crippen LogP contribution in [-0.2, 0) is 0 Å². The van der Waals surface area contributed by atoms with Gasteiger partial charge >= 0.3 is 0 Å². The Morgan fingerprint density at radius 2 is 1.90 bits per heavy atom. The smallest absolute Gasteiger partial charge is 0.169 e. The highest BCUT2D eigenvalue weighted by Crippen LogP contribution is 2.39. The third kappa shape index (κ3) is 2.53. The number of fused-ring (bicyclic) bond motifs is 1. The molecule has 6 heteroatoms. The van der Waals surface area contributed by atoms with Gasteiger partial charge in [0.1, 0.15) is 19.0 Å². The molecule has 0 radical (unpaired) electrons. The van der Waals surface area contributed by atoms with Crippen LogP contribution in [0.4, 0.5) is 0 Å². The number of benzene rings is 1. The van der Waals surface area contributed by atoms with Gasteiger partial charge in [0.2, 0.25) is 0 Å². The van der Waals surface area contributed by atoms with E-state index in [2.05, 4.69) is 21.2 Å². The first-order valence-electron chi connectivity index (χ1n) is 6.20. The van der Waals surface area contributed by atoms with Crippen molar-refractivity contribution in [2.24, 2.45) is 0 Å². The molecule has 106 valence electrons. The maximum Gasteiger partial charge on any atom is 0.169 e. The van der Waals surface area contributed by atoms with E-state index >= 15 is 0 Å². The molecule has 0 spiro atoms. The van der Waals surface area contributed by atoms with E-state index in [1.165, 1.54) is 0 Å². The Morgan fingerprint density at radius 1 is 1.20 bits per heavy atom. The standard InChI is InChI=1S/C14H13BrClNO3/c1-17-14(10-2-3-13(15)20-10)8-6-11-12(7-9(8)16)19-5-4-18-11/h2-3,6-7,14,17H,4-5H2,1H3. The molecule has 3 rings (SSSR count). The summed E-state index contributed by atoms with van der Waals surface area (Å²) in [6.07, 6.45) is 0. The first kappa shape index (κ1) is 13.8.